The predicted molar refractivity (Wildman–Crippen MR) is 150 cm³/mol. The van der Waals surface area contributed by atoms with Gasteiger partial charge in [0.2, 0.25) is 5.95 Å². The summed E-state index contributed by atoms with van der Waals surface area (Å²) in [7, 11) is 2.17. The maximum atomic E-state index is 13.3. The molecule has 202 valence electrons. The number of benzene rings is 1. The maximum Gasteiger partial charge on any atom is 0.278 e. The van der Waals surface area contributed by atoms with Crippen molar-refractivity contribution in [2.24, 2.45) is 0 Å². The van der Waals surface area contributed by atoms with E-state index in [1.54, 1.807) is 42.8 Å². The second kappa shape index (κ2) is 9.32. The van der Waals surface area contributed by atoms with Crippen molar-refractivity contribution < 1.29 is 9.84 Å². The van der Waals surface area contributed by atoms with Gasteiger partial charge in [-0.05, 0) is 65.0 Å². The first-order valence-electron chi connectivity index (χ1n) is 13.2. The van der Waals surface area contributed by atoms with Crippen LogP contribution in [-0.4, -0.2) is 61.1 Å². The van der Waals surface area contributed by atoms with E-state index in [2.05, 4.69) is 39.9 Å². The molecule has 0 saturated carbocycles. The largest absolute Gasteiger partial charge is 0.492 e. The summed E-state index contributed by atoms with van der Waals surface area (Å²) < 4.78 is 9.31. The van der Waals surface area contributed by atoms with Gasteiger partial charge in [0.1, 0.15) is 16.7 Å². The van der Waals surface area contributed by atoms with Crippen LogP contribution < -0.4 is 15.6 Å². The number of rotatable bonds is 6. The molecule has 1 spiro atoms. The molecule has 4 aromatic rings. The van der Waals surface area contributed by atoms with Gasteiger partial charge in [-0.15, -0.1) is 6.58 Å². The van der Waals surface area contributed by atoms with Crippen molar-refractivity contribution in [3.05, 3.63) is 76.9 Å². The quantitative estimate of drug-likeness (QED) is 0.367. The van der Waals surface area contributed by atoms with Gasteiger partial charge in [-0.1, -0.05) is 18.2 Å². The van der Waals surface area contributed by atoms with E-state index in [4.69, 9.17) is 9.72 Å². The monoisotopic (exact) mass is 527 g/mol. The second-order valence-corrected chi connectivity index (χ2v) is 11.1. The molecule has 3 aromatic heterocycles. The highest BCUT2D eigenvalue weighted by atomic mass is 16.5. The number of piperidine rings is 1. The number of anilines is 2. The molecule has 5 heterocycles. The van der Waals surface area contributed by atoms with Gasteiger partial charge in [0.15, 0.2) is 11.5 Å². The minimum absolute atomic E-state index is 0.0879. The zero-order chi connectivity index (χ0) is 27.4. The Morgan fingerprint density at radius 1 is 1.21 bits per heavy atom. The van der Waals surface area contributed by atoms with Crippen LogP contribution in [0.4, 0.5) is 11.6 Å². The number of pyridine rings is 1. The Kier molecular flexibility index (Phi) is 6.04. The van der Waals surface area contributed by atoms with Crippen molar-refractivity contribution in [3.8, 4) is 11.6 Å². The number of aromatic nitrogens is 5. The summed E-state index contributed by atoms with van der Waals surface area (Å²) in [5, 5.41) is 14.2. The van der Waals surface area contributed by atoms with E-state index < -0.39 is 5.60 Å². The van der Waals surface area contributed by atoms with E-state index in [0.29, 0.717) is 35.1 Å². The van der Waals surface area contributed by atoms with Crippen LogP contribution in [0.25, 0.3) is 16.9 Å². The Labute approximate surface area is 226 Å². The average molecular weight is 528 g/mol. The lowest BCUT2D eigenvalue weighted by Gasteiger charge is -2.36. The van der Waals surface area contributed by atoms with Crippen LogP contribution in [0.1, 0.15) is 37.9 Å². The summed E-state index contributed by atoms with van der Waals surface area (Å²) in [4.78, 5) is 29.4. The van der Waals surface area contributed by atoms with Gasteiger partial charge in [0, 0.05) is 28.9 Å². The zero-order valence-corrected chi connectivity index (χ0v) is 22.5. The first-order valence-corrected chi connectivity index (χ1v) is 13.2. The molecule has 0 amide bonds. The molecule has 1 saturated heterocycles. The first-order chi connectivity index (χ1) is 18.7. The average Bonchev–Trinajstić information content (AvgIpc) is 3.40. The molecule has 6 rings (SSSR count). The molecule has 0 bridgehead atoms. The van der Waals surface area contributed by atoms with E-state index in [-0.39, 0.29) is 17.5 Å². The van der Waals surface area contributed by atoms with Gasteiger partial charge in [-0.3, -0.25) is 4.79 Å². The minimum Gasteiger partial charge on any atom is -0.492 e. The number of allylic oxidation sites excluding steroid dienone is 1. The molecule has 10 nitrogen and oxygen atoms in total. The Morgan fingerprint density at radius 2 is 2.00 bits per heavy atom. The smallest absolute Gasteiger partial charge is 0.278 e. The first kappa shape index (κ1) is 25.3. The Hall–Kier alpha value is -4.02. The number of aliphatic hydroxyl groups is 1. The molecular weight excluding hydrogens is 494 g/mol. The van der Waals surface area contributed by atoms with Gasteiger partial charge < -0.3 is 20.1 Å². The summed E-state index contributed by atoms with van der Waals surface area (Å²) in [5.74, 6) is 1.70. The third-order valence-corrected chi connectivity index (χ3v) is 7.81. The number of nitrogens with one attached hydrogen (secondary N) is 1. The highest BCUT2D eigenvalue weighted by Gasteiger charge is 2.42. The molecule has 0 radical (unpaired) electrons. The third kappa shape index (κ3) is 4.39. The molecule has 2 aliphatic heterocycles. The lowest BCUT2D eigenvalue weighted by atomic mass is 9.74. The predicted octanol–water partition coefficient (Wildman–Crippen LogP) is 3.49. The number of likely N-dealkylation sites (tertiary alicyclic amines) is 1. The fourth-order valence-corrected chi connectivity index (χ4v) is 5.53. The topological polar surface area (TPSA) is 110 Å². The Balaban J connectivity index is 1.38. The van der Waals surface area contributed by atoms with Gasteiger partial charge in [-0.2, -0.15) is 4.98 Å². The molecule has 2 N–H and O–H groups in total. The second-order valence-electron chi connectivity index (χ2n) is 11.1. The highest BCUT2D eigenvalue weighted by molar-refractivity contribution is 5.77. The molecule has 1 aromatic carbocycles. The number of hydrogen-bond acceptors (Lipinski definition) is 8. The van der Waals surface area contributed by atoms with E-state index >= 15 is 0 Å². The zero-order valence-electron chi connectivity index (χ0n) is 22.5. The van der Waals surface area contributed by atoms with Crippen molar-refractivity contribution in [1.29, 1.82) is 0 Å². The van der Waals surface area contributed by atoms with Crippen LogP contribution in [0, 0.1) is 0 Å². The number of fused-ring (bicyclic) bond motifs is 3. The normalized spacial score (nSPS) is 16.8. The molecule has 2 aliphatic rings. The number of hydrogen-bond donors (Lipinski definition) is 2. The van der Waals surface area contributed by atoms with Crippen LogP contribution in [-0.2, 0) is 17.6 Å². The SMILES string of the molecule is C=CCn1c(=O)c2cnc(Nc3ccc4c(c3)OCC43CCN(C)CC3)nc2n1-c1cccc(C(C)(C)O)n1. The van der Waals surface area contributed by atoms with Gasteiger partial charge in [0.05, 0.1) is 18.8 Å². The molecule has 0 unspecified atom stereocenters. The van der Waals surface area contributed by atoms with Crippen LogP contribution in [0.5, 0.6) is 5.75 Å². The van der Waals surface area contributed by atoms with Gasteiger partial charge >= 0.3 is 0 Å². The number of nitrogens with zero attached hydrogens (tertiary/aromatic N) is 6. The van der Waals surface area contributed by atoms with Crippen LogP contribution >= 0.6 is 0 Å². The van der Waals surface area contributed by atoms with Crippen molar-refractivity contribution in [2.45, 2.75) is 44.2 Å². The third-order valence-electron chi connectivity index (χ3n) is 7.81. The van der Waals surface area contributed by atoms with Gasteiger partial charge in [-0.25, -0.2) is 19.3 Å². The van der Waals surface area contributed by atoms with Gasteiger partial charge in [0.25, 0.3) is 5.56 Å². The van der Waals surface area contributed by atoms with Crippen molar-refractivity contribution in [1.82, 2.24) is 29.2 Å². The molecular formula is C29H33N7O3. The minimum atomic E-state index is -1.15. The molecule has 39 heavy (non-hydrogen) atoms. The van der Waals surface area contributed by atoms with Crippen molar-refractivity contribution >= 4 is 22.7 Å². The molecule has 0 atom stereocenters. The summed E-state index contributed by atoms with van der Waals surface area (Å²) in [6, 6.07) is 11.5. The Bertz CT molecular complexity index is 1620. The van der Waals surface area contributed by atoms with Crippen LogP contribution in [0.3, 0.4) is 0 Å². The van der Waals surface area contributed by atoms with Crippen molar-refractivity contribution in [2.75, 3.05) is 32.1 Å². The van der Waals surface area contributed by atoms with E-state index in [9.17, 15) is 9.90 Å². The highest BCUT2D eigenvalue weighted by Crippen LogP contribution is 2.46. The van der Waals surface area contributed by atoms with Crippen LogP contribution in [0.15, 0.2) is 60.0 Å². The summed E-state index contributed by atoms with van der Waals surface area (Å²) in [6.07, 6.45) is 5.35. The summed E-state index contributed by atoms with van der Waals surface area (Å²) >= 11 is 0. The molecule has 10 heteroatoms. The molecule has 0 aliphatic carbocycles. The van der Waals surface area contributed by atoms with E-state index in [1.165, 1.54) is 16.4 Å². The van der Waals surface area contributed by atoms with E-state index in [1.807, 2.05) is 12.1 Å². The van der Waals surface area contributed by atoms with Crippen LogP contribution in [0.2, 0.25) is 0 Å². The van der Waals surface area contributed by atoms with E-state index in [0.717, 1.165) is 37.4 Å². The maximum absolute atomic E-state index is 13.3. The fourth-order valence-electron chi connectivity index (χ4n) is 5.53. The summed E-state index contributed by atoms with van der Waals surface area (Å²) in [5.41, 5.74) is 1.65. The standard InChI is InChI=1S/C29H33N7O3/c1-5-13-35-26(37)20-17-30-27(33-25(20)36(35)24-8-6-7-23(32-24)28(2,3)38)31-19-9-10-21-22(16-19)39-18-29(21)11-14-34(4)15-12-29/h5-10,16-17,38H,1,11-15,18H2,2-4H3,(H,30,31,33). The fraction of sp³-hybridized carbons (Fsp3) is 0.379. The lowest BCUT2D eigenvalue weighted by Crippen LogP contribution is -2.41. The Morgan fingerprint density at radius 3 is 2.74 bits per heavy atom. The summed E-state index contributed by atoms with van der Waals surface area (Å²) in [6.45, 7) is 10.2. The molecule has 1 fully saturated rings. The number of ether oxygens (including phenoxy) is 1. The van der Waals surface area contributed by atoms with Crippen molar-refractivity contribution in [3.63, 3.8) is 0 Å². The lowest BCUT2D eigenvalue weighted by molar-refractivity contribution is 0.0738.